The fraction of sp³-hybridized carbons (Fsp3) is 0.643. The molecule has 0 spiro atoms. The van der Waals surface area contributed by atoms with Crippen molar-refractivity contribution in [1.82, 2.24) is 10.3 Å². The van der Waals surface area contributed by atoms with Crippen molar-refractivity contribution >= 4 is 42.5 Å². The first kappa shape index (κ1) is 20.9. The molecule has 0 saturated carbocycles. The molecule has 0 radical (unpaired) electrons. The summed E-state index contributed by atoms with van der Waals surface area (Å²) in [6.07, 6.45) is 7.30. The molecule has 1 aromatic rings. The third-order valence-electron chi connectivity index (χ3n) is 2.96. The first-order valence-corrected chi connectivity index (χ1v) is 11.6. The molecule has 0 unspecified atom stereocenters. The number of ether oxygens (including phenoxy) is 1. The number of unbranched alkanes of at least 4 members (excludes halogenated alkanes) is 4. The van der Waals surface area contributed by atoms with Crippen molar-refractivity contribution in [2.24, 2.45) is 0 Å². The summed E-state index contributed by atoms with van der Waals surface area (Å²) in [6, 6.07) is 3.86. The highest BCUT2D eigenvalue weighted by molar-refractivity contribution is 14.1. The van der Waals surface area contributed by atoms with Crippen molar-refractivity contribution in [1.29, 1.82) is 0 Å². The van der Waals surface area contributed by atoms with Gasteiger partial charge >= 0.3 is 9.15 Å². The molecule has 2 N–H and O–H groups in total. The number of hydrogen-bond donors (Lipinski definition) is 2. The molecule has 0 aliphatic heterocycles. The molecule has 1 aromatic heterocycles. The lowest BCUT2D eigenvalue weighted by atomic mass is 10.1. The molecule has 0 atom stereocenters. The fourth-order valence-electron chi connectivity index (χ4n) is 1.85. The Kier molecular flexibility index (Phi) is 11.2. The molecular formula is C14H23IN2O4S2. The second kappa shape index (κ2) is 12.3. The van der Waals surface area contributed by atoms with Crippen LogP contribution in [0.25, 0.3) is 0 Å². The molecule has 0 fully saturated rings. The third kappa shape index (κ3) is 12.9. The number of aromatic nitrogens is 1. The monoisotopic (exact) mass is 474 g/mol. The summed E-state index contributed by atoms with van der Waals surface area (Å²) < 4.78 is 36.1. The zero-order valence-corrected chi connectivity index (χ0v) is 16.7. The van der Waals surface area contributed by atoms with E-state index in [1.165, 1.54) is 0 Å². The lowest BCUT2D eigenvalue weighted by Gasteiger charge is -2.06. The van der Waals surface area contributed by atoms with Crippen molar-refractivity contribution in [3.63, 3.8) is 0 Å². The Balaban J connectivity index is 1.84. The summed E-state index contributed by atoms with van der Waals surface area (Å²) in [5, 5.41) is 3.16. The van der Waals surface area contributed by atoms with Gasteiger partial charge in [-0.25, -0.2) is 4.98 Å². The second-order valence-electron chi connectivity index (χ2n) is 4.93. The lowest BCUT2D eigenvalue weighted by Crippen LogP contribution is -2.19. The lowest BCUT2D eigenvalue weighted by molar-refractivity contribution is 0.293. The number of halogens is 1. The standard InChI is InChI=1S/C14H23IN2O4S2/c15-13-6-7-14(17-12-13)21-10-5-3-1-2-4-8-16-9-11-22-23(18,19)20/h6-7,12,16H,1-5,8-11H2,(H,18,19,20). The van der Waals surface area contributed by atoms with E-state index in [1.807, 2.05) is 12.1 Å². The highest BCUT2D eigenvalue weighted by atomic mass is 127. The van der Waals surface area contributed by atoms with Gasteiger partial charge in [-0.15, -0.1) is 0 Å². The molecule has 9 heteroatoms. The molecule has 0 amide bonds. The summed E-state index contributed by atoms with van der Waals surface area (Å²) in [6.45, 7) is 2.15. The summed E-state index contributed by atoms with van der Waals surface area (Å²) in [5.41, 5.74) is 0. The topological polar surface area (TPSA) is 88.5 Å². The number of rotatable bonds is 13. The van der Waals surface area contributed by atoms with E-state index in [-0.39, 0.29) is 0 Å². The van der Waals surface area contributed by atoms with Gasteiger partial charge in [0.15, 0.2) is 0 Å². The summed E-state index contributed by atoms with van der Waals surface area (Å²) >= 11 is 2.21. The van der Waals surface area contributed by atoms with Gasteiger partial charge in [0.05, 0.1) is 6.61 Å². The van der Waals surface area contributed by atoms with Crippen molar-refractivity contribution in [2.45, 2.75) is 32.1 Å². The van der Waals surface area contributed by atoms with Crippen molar-refractivity contribution in [3.05, 3.63) is 21.9 Å². The van der Waals surface area contributed by atoms with E-state index >= 15 is 0 Å². The molecule has 0 saturated heterocycles. The van der Waals surface area contributed by atoms with Crippen LogP contribution in [0.4, 0.5) is 0 Å². The van der Waals surface area contributed by atoms with Gasteiger partial charge in [-0.1, -0.05) is 19.3 Å². The van der Waals surface area contributed by atoms with Gasteiger partial charge in [0.1, 0.15) is 0 Å². The van der Waals surface area contributed by atoms with Gasteiger partial charge in [0.25, 0.3) is 0 Å². The van der Waals surface area contributed by atoms with E-state index in [4.69, 9.17) is 9.29 Å². The second-order valence-corrected chi connectivity index (χ2v) is 9.65. The minimum Gasteiger partial charge on any atom is -0.478 e. The predicted molar refractivity (Wildman–Crippen MR) is 102 cm³/mol. The molecule has 23 heavy (non-hydrogen) atoms. The van der Waals surface area contributed by atoms with E-state index in [0.29, 0.717) is 35.6 Å². The maximum absolute atomic E-state index is 10.5. The Labute approximate surface area is 155 Å². The molecule has 1 heterocycles. The first-order valence-electron chi connectivity index (χ1n) is 7.54. The normalized spacial score (nSPS) is 11.6. The first-order chi connectivity index (χ1) is 11.0. The molecule has 1 rings (SSSR count). The maximum atomic E-state index is 10.5. The van der Waals surface area contributed by atoms with Crippen molar-refractivity contribution < 1.29 is 17.7 Å². The van der Waals surface area contributed by atoms with Crippen molar-refractivity contribution in [2.75, 3.05) is 25.4 Å². The molecular weight excluding hydrogens is 451 g/mol. The molecule has 0 aromatic carbocycles. The van der Waals surface area contributed by atoms with E-state index < -0.39 is 9.15 Å². The number of nitrogens with zero attached hydrogens (tertiary/aromatic N) is 1. The van der Waals surface area contributed by atoms with Crippen LogP contribution in [0.15, 0.2) is 18.3 Å². The van der Waals surface area contributed by atoms with Crippen LogP contribution in [0.3, 0.4) is 0 Å². The van der Waals surface area contributed by atoms with Crippen LogP contribution >= 0.6 is 33.4 Å². The van der Waals surface area contributed by atoms with E-state index in [9.17, 15) is 8.42 Å². The molecule has 132 valence electrons. The average molecular weight is 474 g/mol. The summed E-state index contributed by atoms with van der Waals surface area (Å²) in [5.74, 6) is 1.04. The van der Waals surface area contributed by atoms with Crippen LogP contribution in [0.2, 0.25) is 0 Å². The number of pyridine rings is 1. The van der Waals surface area contributed by atoms with Crippen LogP contribution in [0.1, 0.15) is 32.1 Å². The average Bonchev–Trinajstić information content (AvgIpc) is 2.49. The molecule has 6 nitrogen and oxygen atoms in total. The largest absolute Gasteiger partial charge is 0.478 e. The van der Waals surface area contributed by atoms with Gasteiger partial charge in [-0.2, -0.15) is 8.42 Å². The Morgan fingerprint density at radius 2 is 1.91 bits per heavy atom. The van der Waals surface area contributed by atoms with Crippen LogP contribution in [-0.2, 0) is 9.15 Å². The van der Waals surface area contributed by atoms with Gasteiger partial charge in [-0.05, 0) is 58.8 Å². The zero-order valence-electron chi connectivity index (χ0n) is 12.9. The van der Waals surface area contributed by atoms with Gasteiger partial charge < -0.3 is 10.1 Å². The Morgan fingerprint density at radius 3 is 2.61 bits per heavy atom. The van der Waals surface area contributed by atoms with E-state index in [1.54, 1.807) is 6.20 Å². The van der Waals surface area contributed by atoms with Crippen LogP contribution < -0.4 is 10.1 Å². The predicted octanol–water partition coefficient (Wildman–Crippen LogP) is 3.14. The molecule has 0 aliphatic rings. The SMILES string of the molecule is O=S(=O)(O)SCCNCCCCCCCOc1ccc(I)cn1. The van der Waals surface area contributed by atoms with Crippen LogP contribution in [-0.4, -0.2) is 43.4 Å². The quantitative estimate of drug-likeness (QED) is 0.197. The fourth-order valence-corrected chi connectivity index (χ4v) is 3.49. The van der Waals surface area contributed by atoms with Gasteiger partial charge in [0.2, 0.25) is 5.88 Å². The Hall–Kier alpha value is -0.100. The number of hydrogen-bond acceptors (Lipinski definition) is 6. The molecule has 0 bridgehead atoms. The minimum absolute atomic E-state index is 0.364. The van der Waals surface area contributed by atoms with Crippen LogP contribution in [0, 0.1) is 3.57 Å². The van der Waals surface area contributed by atoms with E-state index in [2.05, 4.69) is 32.9 Å². The Morgan fingerprint density at radius 1 is 1.17 bits per heavy atom. The molecule has 0 aliphatic carbocycles. The highest BCUT2D eigenvalue weighted by Crippen LogP contribution is 2.10. The van der Waals surface area contributed by atoms with Crippen LogP contribution in [0.5, 0.6) is 5.88 Å². The third-order valence-corrected chi connectivity index (χ3v) is 5.66. The summed E-state index contributed by atoms with van der Waals surface area (Å²) in [4.78, 5) is 4.18. The smallest absolute Gasteiger partial charge is 0.319 e. The maximum Gasteiger partial charge on any atom is 0.319 e. The highest BCUT2D eigenvalue weighted by Gasteiger charge is 2.03. The zero-order chi connectivity index (χ0) is 17.0. The van der Waals surface area contributed by atoms with Gasteiger partial charge in [-0.3, -0.25) is 4.55 Å². The Bertz CT molecular complexity index is 526. The number of nitrogens with one attached hydrogen (secondary N) is 1. The van der Waals surface area contributed by atoms with Crippen molar-refractivity contribution in [3.8, 4) is 5.88 Å². The van der Waals surface area contributed by atoms with E-state index in [0.717, 1.165) is 42.2 Å². The summed E-state index contributed by atoms with van der Waals surface area (Å²) in [7, 11) is -3.34. The minimum atomic E-state index is -3.90. The van der Waals surface area contributed by atoms with Gasteiger partial charge in [0, 0.05) is 28.1 Å².